The standard InChI is InChI=1S/C12H13N5O3S/c1-7(13)11-15-16-12(21-11)14-10(18)6-8-4-2-3-5-9(8)17(19)20/h2-5,7H,6,13H2,1H3,(H,14,16,18). The molecule has 2 aromatic rings. The summed E-state index contributed by atoms with van der Waals surface area (Å²) in [5, 5.41) is 22.0. The van der Waals surface area contributed by atoms with E-state index in [1.807, 2.05) is 0 Å². The van der Waals surface area contributed by atoms with Gasteiger partial charge in [0.05, 0.1) is 17.4 Å². The normalized spacial score (nSPS) is 11.9. The van der Waals surface area contributed by atoms with Crippen LogP contribution in [0.1, 0.15) is 23.5 Å². The first-order chi connectivity index (χ1) is 9.97. The summed E-state index contributed by atoms with van der Waals surface area (Å²) in [4.78, 5) is 22.3. The van der Waals surface area contributed by atoms with Crippen molar-refractivity contribution in [1.82, 2.24) is 10.2 Å². The van der Waals surface area contributed by atoms with Crippen LogP contribution in [0.2, 0.25) is 0 Å². The van der Waals surface area contributed by atoms with E-state index in [2.05, 4.69) is 15.5 Å². The van der Waals surface area contributed by atoms with Crippen LogP contribution in [0.25, 0.3) is 0 Å². The zero-order chi connectivity index (χ0) is 15.4. The van der Waals surface area contributed by atoms with Gasteiger partial charge in [0, 0.05) is 11.6 Å². The zero-order valence-electron chi connectivity index (χ0n) is 11.1. The Morgan fingerprint density at radius 2 is 2.19 bits per heavy atom. The molecule has 1 aromatic carbocycles. The molecule has 0 fully saturated rings. The minimum Gasteiger partial charge on any atom is -0.322 e. The van der Waals surface area contributed by atoms with E-state index < -0.39 is 10.8 Å². The maximum Gasteiger partial charge on any atom is 0.273 e. The Morgan fingerprint density at radius 1 is 1.48 bits per heavy atom. The average Bonchev–Trinajstić information content (AvgIpc) is 2.87. The number of benzene rings is 1. The van der Waals surface area contributed by atoms with Crippen molar-refractivity contribution in [2.45, 2.75) is 19.4 Å². The number of nitro benzene ring substituents is 1. The zero-order valence-corrected chi connectivity index (χ0v) is 12.0. The Bertz CT molecular complexity index is 670. The molecule has 0 aliphatic carbocycles. The van der Waals surface area contributed by atoms with E-state index in [4.69, 9.17) is 5.73 Å². The maximum atomic E-state index is 11.9. The summed E-state index contributed by atoms with van der Waals surface area (Å²) in [5.74, 6) is -0.392. The molecule has 1 aromatic heterocycles. The number of carbonyl (C=O) groups is 1. The van der Waals surface area contributed by atoms with Gasteiger partial charge in [-0.15, -0.1) is 10.2 Å². The van der Waals surface area contributed by atoms with Crippen LogP contribution in [0.5, 0.6) is 0 Å². The van der Waals surface area contributed by atoms with Crippen LogP contribution in [0, 0.1) is 10.1 Å². The first kappa shape index (κ1) is 15.0. The quantitative estimate of drug-likeness (QED) is 0.639. The third kappa shape index (κ3) is 3.80. The number of para-hydroxylation sites is 1. The molecule has 0 saturated heterocycles. The minimum absolute atomic E-state index is 0.0822. The van der Waals surface area contributed by atoms with Crippen molar-refractivity contribution in [3.63, 3.8) is 0 Å². The molecule has 0 saturated carbocycles. The molecule has 21 heavy (non-hydrogen) atoms. The third-order valence-corrected chi connectivity index (χ3v) is 3.66. The first-order valence-corrected chi connectivity index (χ1v) is 6.90. The number of carbonyl (C=O) groups excluding carboxylic acids is 1. The SMILES string of the molecule is CC(N)c1nnc(NC(=O)Cc2ccccc2[N+](=O)[O-])s1. The predicted molar refractivity (Wildman–Crippen MR) is 77.9 cm³/mol. The summed E-state index contributed by atoms with van der Waals surface area (Å²) in [6.45, 7) is 1.76. The summed E-state index contributed by atoms with van der Waals surface area (Å²) in [5.41, 5.74) is 5.92. The van der Waals surface area contributed by atoms with Gasteiger partial charge in [0.1, 0.15) is 5.01 Å². The molecule has 1 unspecified atom stereocenters. The predicted octanol–water partition coefficient (Wildman–Crippen LogP) is 1.65. The van der Waals surface area contributed by atoms with Crippen molar-refractivity contribution in [2.24, 2.45) is 5.73 Å². The molecule has 110 valence electrons. The fraction of sp³-hybridized carbons (Fsp3) is 0.250. The van der Waals surface area contributed by atoms with Crippen LogP contribution in [0.4, 0.5) is 10.8 Å². The lowest BCUT2D eigenvalue weighted by Gasteiger charge is -2.02. The minimum atomic E-state index is -0.512. The molecular weight excluding hydrogens is 294 g/mol. The molecule has 2 rings (SSSR count). The van der Waals surface area contributed by atoms with Gasteiger partial charge in [-0.05, 0) is 6.92 Å². The lowest BCUT2D eigenvalue weighted by molar-refractivity contribution is -0.385. The number of rotatable bonds is 5. The Hall–Kier alpha value is -2.39. The first-order valence-electron chi connectivity index (χ1n) is 6.08. The molecule has 8 nitrogen and oxygen atoms in total. The molecule has 1 atom stereocenters. The lowest BCUT2D eigenvalue weighted by Crippen LogP contribution is -2.15. The second kappa shape index (κ2) is 6.37. The van der Waals surface area contributed by atoms with E-state index in [1.165, 1.54) is 17.4 Å². The largest absolute Gasteiger partial charge is 0.322 e. The maximum absolute atomic E-state index is 11.9. The van der Waals surface area contributed by atoms with E-state index in [-0.39, 0.29) is 18.2 Å². The smallest absolute Gasteiger partial charge is 0.273 e. The van der Waals surface area contributed by atoms with Crippen LogP contribution in [-0.4, -0.2) is 21.0 Å². The van der Waals surface area contributed by atoms with Gasteiger partial charge in [0.15, 0.2) is 0 Å². The van der Waals surface area contributed by atoms with Crippen molar-refractivity contribution >= 4 is 28.1 Å². The number of anilines is 1. The average molecular weight is 307 g/mol. The van der Waals surface area contributed by atoms with Crippen molar-refractivity contribution in [3.05, 3.63) is 45.0 Å². The fourth-order valence-electron chi connectivity index (χ4n) is 1.64. The molecule has 0 radical (unpaired) electrons. The topological polar surface area (TPSA) is 124 Å². The van der Waals surface area contributed by atoms with Gasteiger partial charge < -0.3 is 11.1 Å². The molecular formula is C12H13N5O3S. The Morgan fingerprint density at radius 3 is 2.81 bits per heavy atom. The van der Waals surface area contributed by atoms with Crippen molar-refractivity contribution in [3.8, 4) is 0 Å². The highest BCUT2D eigenvalue weighted by Crippen LogP contribution is 2.21. The van der Waals surface area contributed by atoms with Crippen molar-refractivity contribution in [1.29, 1.82) is 0 Å². The van der Waals surface area contributed by atoms with E-state index in [0.717, 1.165) is 0 Å². The van der Waals surface area contributed by atoms with Gasteiger partial charge in [0.2, 0.25) is 11.0 Å². The van der Waals surface area contributed by atoms with E-state index in [9.17, 15) is 14.9 Å². The summed E-state index contributed by atoms with van der Waals surface area (Å²) in [6.07, 6.45) is -0.107. The molecule has 0 aliphatic heterocycles. The van der Waals surface area contributed by atoms with Crippen molar-refractivity contribution in [2.75, 3.05) is 5.32 Å². The number of nitrogens with two attached hydrogens (primary N) is 1. The summed E-state index contributed by atoms with van der Waals surface area (Å²) in [7, 11) is 0. The molecule has 0 bridgehead atoms. The van der Waals surface area contributed by atoms with Crippen LogP contribution in [0.15, 0.2) is 24.3 Å². The molecule has 0 aliphatic rings. The summed E-state index contributed by atoms with van der Waals surface area (Å²) in [6, 6.07) is 5.85. The van der Waals surface area contributed by atoms with Gasteiger partial charge in [-0.3, -0.25) is 14.9 Å². The molecule has 9 heteroatoms. The number of amides is 1. The highest BCUT2D eigenvalue weighted by Gasteiger charge is 2.17. The number of nitro groups is 1. The number of hydrogen-bond donors (Lipinski definition) is 2. The van der Waals surface area contributed by atoms with E-state index in [0.29, 0.717) is 15.7 Å². The van der Waals surface area contributed by atoms with Gasteiger partial charge in [0.25, 0.3) is 5.69 Å². The second-order valence-electron chi connectivity index (χ2n) is 4.34. The monoisotopic (exact) mass is 307 g/mol. The van der Waals surface area contributed by atoms with Crippen LogP contribution in [0.3, 0.4) is 0 Å². The summed E-state index contributed by atoms with van der Waals surface area (Å²) < 4.78 is 0. The highest BCUT2D eigenvalue weighted by molar-refractivity contribution is 7.15. The number of aromatic nitrogens is 2. The summed E-state index contributed by atoms with van der Waals surface area (Å²) >= 11 is 1.18. The van der Waals surface area contributed by atoms with Crippen molar-refractivity contribution < 1.29 is 9.72 Å². The van der Waals surface area contributed by atoms with Crippen LogP contribution >= 0.6 is 11.3 Å². The third-order valence-electron chi connectivity index (χ3n) is 2.62. The number of nitrogens with zero attached hydrogens (tertiary/aromatic N) is 3. The second-order valence-corrected chi connectivity index (χ2v) is 5.35. The molecule has 1 heterocycles. The lowest BCUT2D eigenvalue weighted by atomic mass is 10.1. The highest BCUT2D eigenvalue weighted by atomic mass is 32.1. The van der Waals surface area contributed by atoms with Crippen LogP contribution < -0.4 is 11.1 Å². The Balaban J connectivity index is 2.06. The molecule has 3 N–H and O–H groups in total. The van der Waals surface area contributed by atoms with Gasteiger partial charge in [-0.2, -0.15) is 0 Å². The van der Waals surface area contributed by atoms with Gasteiger partial charge in [-0.25, -0.2) is 0 Å². The molecule has 1 amide bonds. The van der Waals surface area contributed by atoms with E-state index >= 15 is 0 Å². The number of nitrogens with one attached hydrogen (secondary N) is 1. The fourth-order valence-corrected chi connectivity index (χ4v) is 2.36. The number of hydrogen-bond acceptors (Lipinski definition) is 7. The Kier molecular flexibility index (Phi) is 4.55. The van der Waals surface area contributed by atoms with Gasteiger partial charge in [-0.1, -0.05) is 29.5 Å². The molecule has 0 spiro atoms. The van der Waals surface area contributed by atoms with E-state index in [1.54, 1.807) is 25.1 Å². The Labute approximate surface area is 124 Å². The van der Waals surface area contributed by atoms with Crippen LogP contribution in [-0.2, 0) is 11.2 Å². The van der Waals surface area contributed by atoms with Gasteiger partial charge >= 0.3 is 0 Å².